The van der Waals surface area contributed by atoms with E-state index in [0.717, 1.165) is 55.8 Å². The van der Waals surface area contributed by atoms with Gasteiger partial charge in [-0.2, -0.15) is 0 Å². The lowest BCUT2D eigenvalue weighted by Gasteiger charge is -2.22. The molecule has 0 bridgehead atoms. The van der Waals surface area contributed by atoms with Gasteiger partial charge in [0.1, 0.15) is 5.82 Å². The first-order valence-corrected chi connectivity index (χ1v) is 9.07. The largest absolute Gasteiger partial charge is 0.392 e. The molecule has 1 N–H and O–H groups in total. The molecule has 0 saturated carbocycles. The fourth-order valence-corrected chi connectivity index (χ4v) is 3.28. The van der Waals surface area contributed by atoms with E-state index < -0.39 is 0 Å². The number of hydrogen-bond donors (Lipinski definition) is 1. The lowest BCUT2D eigenvalue weighted by atomic mass is 10.1. The summed E-state index contributed by atoms with van der Waals surface area (Å²) in [5.41, 5.74) is 2.92. The van der Waals surface area contributed by atoms with Crippen LogP contribution in [-0.4, -0.2) is 47.0 Å². The van der Waals surface area contributed by atoms with Crippen molar-refractivity contribution in [1.82, 2.24) is 9.80 Å². The summed E-state index contributed by atoms with van der Waals surface area (Å²) >= 11 is 0. The standard InChI is InChI=1S/C21H25FN2O2/c22-20-8-6-18(7-9-20)15-23-10-1-11-24(13-12-23)21(26)14-17-2-4-19(16-25)5-3-17/h2-9,25H,1,10-16H2. The molecule has 0 unspecified atom stereocenters. The molecule has 26 heavy (non-hydrogen) atoms. The number of benzene rings is 2. The molecule has 1 heterocycles. The Labute approximate surface area is 153 Å². The molecular formula is C21H25FN2O2. The van der Waals surface area contributed by atoms with E-state index in [1.54, 1.807) is 0 Å². The van der Waals surface area contributed by atoms with Crippen LogP contribution >= 0.6 is 0 Å². The van der Waals surface area contributed by atoms with Crippen LogP contribution in [-0.2, 0) is 24.4 Å². The third-order valence-corrected chi connectivity index (χ3v) is 4.82. The van der Waals surface area contributed by atoms with E-state index in [1.807, 2.05) is 41.3 Å². The molecule has 0 radical (unpaired) electrons. The van der Waals surface area contributed by atoms with Crippen molar-refractivity contribution < 1.29 is 14.3 Å². The Balaban J connectivity index is 1.52. The molecule has 3 rings (SSSR count). The lowest BCUT2D eigenvalue weighted by Crippen LogP contribution is -2.36. The SMILES string of the molecule is O=C(Cc1ccc(CO)cc1)N1CCCN(Cc2ccc(F)cc2)CC1. The molecule has 1 aliphatic rings. The maximum Gasteiger partial charge on any atom is 0.227 e. The number of nitrogens with zero attached hydrogens (tertiary/aromatic N) is 2. The second kappa shape index (κ2) is 8.92. The summed E-state index contributed by atoms with van der Waals surface area (Å²) in [5, 5.41) is 9.09. The first kappa shape index (κ1) is 18.5. The first-order chi connectivity index (χ1) is 12.6. The van der Waals surface area contributed by atoms with Gasteiger partial charge in [0, 0.05) is 32.7 Å². The fourth-order valence-electron chi connectivity index (χ4n) is 3.28. The van der Waals surface area contributed by atoms with Crippen LogP contribution in [0, 0.1) is 5.82 Å². The number of rotatable bonds is 5. The molecular weight excluding hydrogens is 331 g/mol. The number of aliphatic hydroxyl groups is 1. The van der Waals surface area contributed by atoms with E-state index >= 15 is 0 Å². The highest BCUT2D eigenvalue weighted by molar-refractivity contribution is 5.78. The average Bonchev–Trinajstić information content (AvgIpc) is 2.90. The second-order valence-electron chi connectivity index (χ2n) is 6.79. The van der Waals surface area contributed by atoms with Gasteiger partial charge in [-0.15, -0.1) is 0 Å². The van der Waals surface area contributed by atoms with Gasteiger partial charge in [0.05, 0.1) is 13.0 Å². The van der Waals surface area contributed by atoms with Gasteiger partial charge < -0.3 is 10.0 Å². The molecule has 1 amide bonds. The van der Waals surface area contributed by atoms with E-state index in [-0.39, 0.29) is 18.3 Å². The molecule has 0 spiro atoms. The Morgan fingerprint density at radius 3 is 2.23 bits per heavy atom. The minimum absolute atomic E-state index is 0.0181. The summed E-state index contributed by atoms with van der Waals surface area (Å²) in [6.45, 7) is 4.05. The van der Waals surface area contributed by atoms with Crippen LogP contribution in [0.5, 0.6) is 0 Å². The number of amides is 1. The Morgan fingerprint density at radius 1 is 0.885 bits per heavy atom. The first-order valence-electron chi connectivity index (χ1n) is 9.07. The number of aliphatic hydroxyl groups excluding tert-OH is 1. The summed E-state index contributed by atoms with van der Waals surface area (Å²) in [7, 11) is 0. The van der Waals surface area contributed by atoms with Gasteiger partial charge in [0.15, 0.2) is 0 Å². The van der Waals surface area contributed by atoms with E-state index in [0.29, 0.717) is 6.42 Å². The summed E-state index contributed by atoms with van der Waals surface area (Å²) in [6, 6.07) is 14.1. The predicted molar refractivity (Wildman–Crippen MR) is 98.9 cm³/mol. The smallest absolute Gasteiger partial charge is 0.227 e. The highest BCUT2D eigenvalue weighted by Gasteiger charge is 2.19. The number of carbonyl (C=O) groups is 1. The third-order valence-electron chi connectivity index (χ3n) is 4.82. The average molecular weight is 356 g/mol. The van der Waals surface area contributed by atoms with Crippen molar-refractivity contribution in [2.45, 2.75) is 26.0 Å². The van der Waals surface area contributed by atoms with Gasteiger partial charge in [-0.05, 0) is 35.2 Å². The number of carbonyl (C=O) groups excluding carboxylic acids is 1. The number of hydrogen-bond acceptors (Lipinski definition) is 3. The predicted octanol–water partition coefficient (Wildman–Crippen LogP) is 2.60. The molecule has 0 aliphatic carbocycles. The summed E-state index contributed by atoms with van der Waals surface area (Å²) in [6.07, 6.45) is 1.33. The van der Waals surface area contributed by atoms with Crippen molar-refractivity contribution >= 4 is 5.91 Å². The van der Waals surface area contributed by atoms with Crippen molar-refractivity contribution in [3.63, 3.8) is 0 Å². The van der Waals surface area contributed by atoms with Crippen molar-refractivity contribution in [2.75, 3.05) is 26.2 Å². The number of halogens is 1. The van der Waals surface area contributed by atoms with Crippen LogP contribution in [0.3, 0.4) is 0 Å². The van der Waals surface area contributed by atoms with E-state index in [2.05, 4.69) is 4.90 Å². The Hall–Kier alpha value is -2.24. The van der Waals surface area contributed by atoms with Crippen molar-refractivity contribution in [3.05, 3.63) is 71.0 Å². The molecule has 4 nitrogen and oxygen atoms in total. The third kappa shape index (κ3) is 5.13. The van der Waals surface area contributed by atoms with Crippen molar-refractivity contribution in [2.24, 2.45) is 0 Å². The zero-order chi connectivity index (χ0) is 18.4. The van der Waals surface area contributed by atoms with Gasteiger partial charge in [-0.25, -0.2) is 4.39 Å². The molecule has 2 aromatic carbocycles. The Morgan fingerprint density at radius 2 is 1.54 bits per heavy atom. The summed E-state index contributed by atoms with van der Waals surface area (Å²) in [5.74, 6) is -0.0706. The maximum atomic E-state index is 13.0. The van der Waals surface area contributed by atoms with E-state index in [1.165, 1.54) is 12.1 Å². The molecule has 138 valence electrons. The Kier molecular flexibility index (Phi) is 6.36. The normalized spacial score (nSPS) is 15.7. The summed E-state index contributed by atoms with van der Waals surface area (Å²) < 4.78 is 13.0. The monoisotopic (exact) mass is 356 g/mol. The van der Waals surface area contributed by atoms with Crippen molar-refractivity contribution in [1.29, 1.82) is 0 Å². The van der Waals surface area contributed by atoms with Gasteiger partial charge in [-0.3, -0.25) is 9.69 Å². The maximum absolute atomic E-state index is 13.0. The molecule has 1 aliphatic heterocycles. The van der Waals surface area contributed by atoms with Crippen LogP contribution in [0.2, 0.25) is 0 Å². The van der Waals surface area contributed by atoms with E-state index in [9.17, 15) is 9.18 Å². The van der Waals surface area contributed by atoms with Crippen LogP contribution in [0.15, 0.2) is 48.5 Å². The zero-order valence-electron chi connectivity index (χ0n) is 14.9. The minimum atomic E-state index is -0.214. The van der Waals surface area contributed by atoms with Crippen molar-refractivity contribution in [3.8, 4) is 0 Å². The van der Waals surface area contributed by atoms with Gasteiger partial charge in [-0.1, -0.05) is 36.4 Å². The molecule has 2 aromatic rings. The van der Waals surface area contributed by atoms with Crippen LogP contribution in [0.25, 0.3) is 0 Å². The van der Waals surface area contributed by atoms with Crippen LogP contribution in [0.4, 0.5) is 4.39 Å². The van der Waals surface area contributed by atoms with Crippen LogP contribution in [0.1, 0.15) is 23.1 Å². The highest BCUT2D eigenvalue weighted by atomic mass is 19.1. The Bertz CT molecular complexity index is 716. The minimum Gasteiger partial charge on any atom is -0.392 e. The lowest BCUT2D eigenvalue weighted by molar-refractivity contribution is -0.130. The second-order valence-corrected chi connectivity index (χ2v) is 6.79. The van der Waals surface area contributed by atoms with Crippen LogP contribution < -0.4 is 0 Å². The molecule has 1 saturated heterocycles. The van der Waals surface area contributed by atoms with Gasteiger partial charge in [0.2, 0.25) is 5.91 Å². The molecule has 5 heteroatoms. The summed E-state index contributed by atoms with van der Waals surface area (Å²) in [4.78, 5) is 16.8. The molecule has 1 fully saturated rings. The van der Waals surface area contributed by atoms with Gasteiger partial charge >= 0.3 is 0 Å². The molecule has 0 aromatic heterocycles. The quantitative estimate of drug-likeness (QED) is 0.896. The zero-order valence-corrected chi connectivity index (χ0v) is 14.9. The topological polar surface area (TPSA) is 43.8 Å². The van der Waals surface area contributed by atoms with E-state index in [4.69, 9.17) is 5.11 Å². The van der Waals surface area contributed by atoms with Gasteiger partial charge in [0.25, 0.3) is 0 Å². The fraction of sp³-hybridized carbons (Fsp3) is 0.381. The molecule has 0 atom stereocenters. The highest BCUT2D eigenvalue weighted by Crippen LogP contribution is 2.12.